The third-order valence-electron chi connectivity index (χ3n) is 4.96. The zero-order valence-corrected chi connectivity index (χ0v) is 10.3. The Hall–Kier alpha value is -0.560. The van der Waals surface area contributed by atoms with Crippen LogP contribution in [0.3, 0.4) is 0 Å². The van der Waals surface area contributed by atoms with Gasteiger partial charge in [-0.25, -0.2) is 0 Å². The quantitative estimate of drug-likeness (QED) is 0.644. The summed E-state index contributed by atoms with van der Waals surface area (Å²) in [6.45, 7) is 11.0. The zero-order valence-electron chi connectivity index (χ0n) is 10.3. The van der Waals surface area contributed by atoms with E-state index in [2.05, 4.69) is 33.4 Å². The van der Waals surface area contributed by atoms with E-state index in [1.807, 2.05) is 0 Å². The van der Waals surface area contributed by atoms with Crippen LogP contribution in [0.5, 0.6) is 0 Å². The van der Waals surface area contributed by atoms with E-state index in [-0.39, 0.29) is 5.54 Å². The average molecular weight is 205 g/mol. The van der Waals surface area contributed by atoms with Gasteiger partial charge in [-0.15, -0.1) is 0 Å². The Morgan fingerprint density at radius 3 is 2.67 bits per heavy atom. The van der Waals surface area contributed by atoms with Crippen molar-refractivity contribution in [3.8, 4) is 0 Å². The molecule has 0 unspecified atom stereocenters. The van der Waals surface area contributed by atoms with Gasteiger partial charge in [-0.3, -0.25) is 0 Å². The van der Waals surface area contributed by atoms with Crippen molar-refractivity contribution in [2.75, 3.05) is 0 Å². The van der Waals surface area contributed by atoms with Crippen molar-refractivity contribution in [1.82, 2.24) is 0 Å². The highest BCUT2D eigenvalue weighted by Crippen LogP contribution is 2.53. The summed E-state index contributed by atoms with van der Waals surface area (Å²) in [5.74, 6) is 0.568. The molecule has 0 aromatic rings. The predicted molar refractivity (Wildman–Crippen MR) is 65.6 cm³/mol. The van der Waals surface area contributed by atoms with Crippen LogP contribution in [0.1, 0.15) is 46.5 Å². The molecule has 2 aliphatic carbocycles. The van der Waals surface area contributed by atoms with E-state index < -0.39 is 0 Å². The van der Waals surface area contributed by atoms with E-state index in [1.54, 1.807) is 5.57 Å². The zero-order chi connectivity index (χ0) is 11.3. The Morgan fingerprint density at radius 2 is 2.00 bits per heavy atom. The standard InChI is InChI=1S/C14H23N/c1-10-5-7-13(3)11(2)14(4,15)8-6-12(13)9-10/h9,11H,1,5-8,15H2,2-4H3/t11-,13-,14+/m1/s1. The summed E-state index contributed by atoms with van der Waals surface area (Å²) in [6, 6.07) is 0. The van der Waals surface area contributed by atoms with Gasteiger partial charge in [-0.1, -0.05) is 37.6 Å². The van der Waals surface area contributed by atoms with Gasteiger partial charge in [0.25, 0.3) is 0 Å². The first-order chi connectivity index (χ1) is 6.86. The Labute approximate surface area is 93.4 Å². The van der Waals surface area contributed by atoms with Crippen molar-refractivity contribution in [3.63, 3.8) is 0 Å². The van der Waals surface area contributed by atoms with Crippen LogP contribution < -0.4 is 5.73 Å². The summed E-state index contributed by atoms with van der Waals surface area (Å²) in [6.07, 6.45) is 6.97. The summed E-state index contributed by atoms with van der Waals surface area (Å²) in [4.78, 5) is 0. The maximum Gasteiger partial charge on any atom is 0.0163 e. The Morgan fingerprint density at radius 1 is 1.33 bits per heavy atom. The summed E-state index contributed by atoms with van der Waals surface area (Å²) in [5.41, 5.74) is 9.62. The lowest BCUT2D eigenvalue weighted by atomic mass is 9.55. The number of fused-ring (bicyclic) bond motifs is 1. The fourth-order valence-corrected chi connectivity index (χ4v) is 3.26. The number of hydrogen-bond donors (Lipinski definition) is 1. The normalized spacial score (nSPS) is 46.0. The smallest absolute Gasteiger partial charge is 0.0163 e. The summed E-state index contributed by atoms with van der Waals surface area (Å²) in [7, 11) is 0. The van der Waals surface area contributed by atoms with Gasteiger partial charge in [0.2, 0.25) is 0 Å². The van der Waals surface area contributed by atoms with Crippen LogP contribution in [0.2, 0.25) is 0 Å². The number of allylic oxidation sites excluding steroid dienone is 3. The fraction of sp³-hybridized carbons (Fsp3) is 0.714. The Balaban J connectivity index is 2.39. The molecule has 0 amide bonds. The lowest BCUT2D eigenvalue weighted by Crippen LogP contribution is -2.54. The molecule has 1 nitrogen and oxygen atoms in total. The van der Waals surface area contributed by atoms with Gasteiger partial charge in [0.1, 0.15) is 0 Å². The minimum atomic E-state index is 0.00473. The van der Waals surface area contributed by atoms with E-state index in [1.165, 1.54) is 12.0 Å². The molecular formula is C14H23N. The molecule has 2 rings (SSSR count). The van der Waals surface area contributed by atoms with Crippen molar-refractivity contribution in [1.29, 1.82) is 0 Å². The highest BCUT2D eigenvalue weighted by atomic mass is 14.8. The molecule has 0 spiro atoms. The van der Waals surface area contributed by atoms with Crippen LogP contribution in [-0.2, 0) is 0 Å². The van der Waals surface area contributed by atoms with E-state index >= 15 is 0 Å². The van der Waals surface area contributed by atoms with Gasteiger partial charge in [0.05, 0.1) is 0 Å². The fourth-order valence-electron chi connectivity index (χ4n) is 3.26. The monoisotopic (exact) mass is 205 g/mol. The van der Waals surface area contributed by atoms with Crippen LogP contribution in [0.4, 0.5) is 0 Å². The minimum Gasteiger partial charge on any atom is -0.325 e. The second kappa shape index (κ2) is 3.21. The summed E-state index contributed by atoms with van der Waals surface area (Å²) < 4.78 is 0. The van der Waals surface area contributed by atoms with Crippen molar-refractivity contribution in [2.24, 2.45) is 17.1 Å². The van der Waals surface area contributed by atoms with Crippen molar-refractivity contribution in [2.45, 2.75) is 52.0 Å². The van der Waals surface area contributed by atoms with Crippen LogP contribution in [0.15, 0.2) is 23.8 Å². The highest BCUT2D eigenvalue weighted by Gasteiger charge is 2.47. The van der Waals surface area contributed by atoms with E-state index in [0.717, 1.165) is 19.3 Å². The second-order valence-electron chi connectivity index (χ2n) is 5.97. The predicted octanol–water partition coefficient (Wildman–Crippen LogP) is 3.42. The third kappa shape index (κ3) is 1.57. The molecule has 0 aromatic heterocycles. The maximum atomic E-state index is 6.40. The van der Waals surface area contributed by atoms with Crippen molar-refractivity contribution >= 4 is 0 Å². The molecule has 84 valence electrons. The van der Waals surface area contributed by atoms with Gasteiger partial charge in [0.15, 0.2) is 0 Å². The molecule has 0 bridgehead atoms. The number of nitrogens with two attached hydrogens (primary N) is 1. The molecule has 0 heterocycles. The summed E-state index contributed by atoms with van der Waals surface area (Å²) in [5, 5.41) is 0. The average Bonchev–Trinajstić information content (AvgIpc) is 2.17. The number of hydrogen-bond acceptors (Lipinski definition) is 1. The van der Waals surface area contributed by atoms with Gasteiger partial charge < -0.3 is 5.73 Å². The first-order valence-corrected chi connectivity index (χ1v) is 6.04. The van der Waals surface area contributed by atoms with E-state index in [9.17, 15) is 0 Å². The Kier molecular flexibility index (Phi) is 2.34. The van der Waals surface area contributed by atoms with Gasteiger partial charge in [-0.2, -0.15) is 0 Å². The van der Waals surface area contributed by atoms with Crippen molar-refractivity contribution in [3.05, 3.63) is 23.8 Å². The minimum absolute atomic E-state index is 0.00473. The second-order valence-corrected chi connectivity index (χ2v) is 5.97. The summed E-state index contributed by atoms with van der Waals surface area (Å²) >= 11 is 0. The molecule has 0 saturated heterocycles. The molecule has 15 heavy (non-hydrogen) atoms. The third-order valence-corrected chi connectivity index (χ3v) is 4.96. The van der Waals surface area contributed by atoms with Crippen LogP contribution in [-0.4, -0.2) is 5.54 Å². The topological polar surface area (TPSA) is 26.0 Å². The lowest BCUT2D eigenvalue weighted by molar-refractivity contribution is 0.0997. The molecule has 0 aliphatic heterocycles. The molecule has 3 atom stereocenters. The molecule has 0 aromatic carbocycles. The van der Waals surface area contributed by atoms with Crippen molar-refractivity contribution < 1.29 is 0 Å². The maximum absolute atomic E-state index is 6.40. The number of rotatable bonds is 0. The van der Waals surface area contributed by atoms with Gasteiger partial charge in [0, 0.05) is 5.54 Å². The van der Waals surface area contributed by atoms with E-state index in [4.69, 9.17) is 5.73 Å². The SMILES string of the molecule is C=C1C=C2CC[C@](C)(N)[C@H](C)[C@@]2(C)CC1. The molecule has 1 fully saturated rings. The lowest BCUT2D eigenvalue weighted by Gasteiger charge is -2.52. The molecule has 2 N–H and O–H groups in total. The van der Waals surface area contributed by atoms with Gasteiger partial charge >= 0.3 is 0 Å². The first-order valence-electron chi connectivity index (χ1n) is 6.04. The van der Waals surface area contributed by atoms with Gasteiger partial charge in [-0.05, 0) is 43.9 Å². The largest absolute Gasteiger partial charge is 0.325 e. The van der Waals surface area contributed by atoms with Crippen LogP contribution in [0, 0.1) is 11.3 Å². The van der Waals surface area contributed by atoms with Crippen LogP contribution >= 0.6 is 0 Å². The molecule has 1 heteroatoms. The van der Waals surface area contributed by atoms with E-state index in [0.29, 0.717) is 11.3 Å². The molecule has 1 saturated carbocycles. The highest BCUT2D eigenvalue weighted by molar-refractivity contribution is 5.33. The van der Waals surface area contributed by atoms with Crippen LogP contribution in [0.25, 0.3) is 0 Å². The molecular weight excluding hydrogens is 182 g/mol. The Bertz CT molecular complexity index is 324. The first kappa shape index (κ1) is 10.9. The molecule has 0 radical (unpaired) electrons. The molecule has 2 aliphatic rings.